The fraction of sp³-hybridized carbons (Fsp3) is 0.333. The normalized spacial score (nSPS) is 9.67. The van der Waals surface area contributed by atoms with Crippen LogP contribution in [-0.4, -0.2) is 32.1 Å². The Morgan fingerprint density at radius 1 is 1.06 bits per heavy atom. The summed E-state index contributed by atoms with van der Waals surface area (Å²) in [4.78, 5) is 22.5. The van der Waals surface area contributed by atoms with Gasteiger partial charge in [-0.25, -0.2) is 4.79 Å². The van der Waals surface area contributed by atoms with Crippen molar-refractivity contribution in [3.63, 3.8) is 0 Å². The first-order valence-electron chi connectivity index (χ1n) is 5.75. The van der Waals surface area contributed by atoms with Gasteiger partial charge in [-0.3, -0.25) is 4.79 Å². The summed E-state index contributed by atoms with van der Waals surface area (Å²) < 4.78 is 0. The molecule has 1 aromatic rings. The highest BCUT2D eigenvalue weighted by molar-refractivity contribution is 5.93. The first-order chi connectivity index (χ1) is 8.65. The molecule has 0 aromatic heterocycles. The second-order valence-corrected chi connectivity index (χ2v) is 3.61. The van der Waals surface area contributed by atoms with Gasteiger partial charge in [0, 0.05) is 18.4 Å². The molecule has 0 spiro atoms. The van der Waals surface area contributed by atoms with Crippen molar-refractivity contribution in [3.8, 4) is 0 Å². The third-order valence-electron chi connectivity index (χ3n) is 2.19. The van der Waals surface area contributed by atoms with Crippen molar-refractivity contribution in [2.45, 2.75) is 6.92 Å². The van der Waals surface area contributed by atoms with Crippen LogP contribution in [0.3, 0.4) is 0 Å². The van der Waals surface area contributed by atoms with Gasteiger partial charge in [-0.2, -0.15) is 0 Å². The standard InChI is InChI=1S/C12H18N4O2/c1-3-14-8-11(17)15-9-4-6-10(7-5-9)16-12(18)13-2/h4-7,14H,3,8H2,1-2H3,(H,15,17)(H2,13,16,18). The quantitative estimate of drug-likeness (QED) is 0.629. The maximum absolute atomic E-state index is 11.4. The molecule has 0 fully saturated rings. The highest BCUT2D eigenvalue weighted by atomic mass is 16.2. The number of hydrogen-bond acceptors (Lipinski definition) is 3. The molecule has 4 N–H and O–H groups in total. The number of benzene rings is 1. The fourth-order valence-electron chi connectivity index (χ4n) is 1.27. The summed E-state index contributed by atoms with van der Waals surface area (Å²) in [5, 5.41) is 10.8. The van der Waals surface area contributed by atoms with Crippen molar-refractivity contribution in [1.82, 2.24) is 10.6 Å². The number of likely N-dealkylation sites (N-methyl/N-ethyl adjacent to an activating group) is 1. The number of carbonyl (C=O) groups is 2. The number of nitrogens with one attached hydrogen (secondary N) is 4. The SMILES string of the molecule is CCNCC(=O)Nc1ccc(NC(=O)NC)cc1. The summed E-state index contributed by atoms with van der Waals surface area (Å²) in [7, 11) is 1.55. The predicted octanol–water partition coefficient (Wildman–Crippen LogP) is 0.986. The number of rotatable bonds is 5. The highest BCUT2D eigenvalue weighted by Gasteiger charge is 2.02. The molecule has 0 unspecified atom stereocenters. The molecule has 0 saturated heterocycles. The Hall–Kier alpha value is -2.08. The van der Waals surface area contributed by atoms with E-state index >= 15 is 0 Å². The van der Waals surface area contributed by atoms with Gasteiger partial charge in [0.15, 0.2) is 0 Å². The Labute approximate surface area is 106 Å². The number of amides is 3. The number of hydrogen-bond donors (Lipinski definition) is 4. The molecule has 0 bridgehead atoms. The second kappa shape index (κ2) is 7.29. The molecule has 0 aliphatic carbocycles. The molecule has 0 aliphatic rings. The molecule has 98 valence electrons. The van der Waals surface area contributed by atoms with Crippen LogP contribution in [0, 0.1) is 0 Å². The third-order valence-corrected chi connectivity index (χ3v) is 2.19. The van der Waals surface area contributed by atoms with Crippen LogP contribution >= 0.6 is 0 Å². The van der Waals surface area contributed by atoms with Crippen LogP contribution < -0.4 is 21.3 Å². The Morgan fingerprint density at radius 2 is 1.61 bits per heavy atom. The summed E-state index contributed by atoms with van der Waals surface area (Å²) in [6.45, 7) is 2.98. The van der Waals surface area contributed by atoms with E-state index in [1.54, 1.807) is 31.3 Å². The molecule has 1 rings (SSSR count). The van der Waals surface area contributed by atoms with E-state index in [9.17, 15) is 9.59 Å². The van der Waals surface area contributed by atoms with Gasteiger partial charge in [0.25, 0.3) is 0 Å². The van der Waals surface area contributed by atoms with E-state index in [2.05, 4.69) is 21.3 Å². The van der Waals surface area contributed by atoms with Gasteiger partial charge >= 0.3 is 6.03 Å². The largest absolute Gasteiger partial charge is 0.341 e. The van der Waals surface area contributed by atoms with Gasteiger partial charge in [-0.05, 0) is 30.8 Å². The molecular formula is C12H18N4O2. The van der Waals surface area contributed by atoms with Gasteiger partial charge in [-0.15, -0.1) is 0 Å². The summed E-state index contributed by atoms with van der Waals surface area (Å²) in [6.07, 6.45) is 0. The summed E-state index contributed by atoms with van der Waals surface area (Å²) in [5.74, 6) is -0.0936. The molecule has 6 heteroatoms. The molecule has 18 heavy (non-hydrogen) atoms. The lowest BCUT2D eigenvalue weighted by atomic mass is 10.3. The highest BCUT2D eigenvalue weighted by Crippen LogP contribution is 2.13. The average Bonchev–Trinajstić information content (AvgIpc) is 2.38. The Bertz CT molecular complexity index is 403. The lowest BCUT2D eigenvalue weighted by Gasteiger charge is -2.07. The van der Waals surface area contributed by atoms with Gasteiger partial charge in [-0.1, -0.05) is 6.92 Å². The topological polar surface area (TPSA) is 82.3 Å². The Morgan fingerprint density at radius 3 is 2.11 bits per heavy atom. The van der Waals surface area contributed by atoms with Gasteiger partial charge in [0.2, 0.25) is 5.91 Å². The maximum atomic E-state index is 11.4. The van der Waals surface area contributed by atoms with Crippen molar-refractivity contribution >= 4 is 23.3 Å². The zero-order valence-corrected chi connectivity index (χ0v) is 10.5. The van der Waals surface area contributed by atoms with E-state index in [0.29, 0.717) is 11.4 Å². The third kappa shape index (κ3) is 4.84. The first kappa shape index (κ1) is 14.0. The smallest absolute Gasteiger partial charge is 0.318 e. The zero-order chi connectivity index (χ0) is 13.4. The van der Waals surface area contributed by atoms with E-state index in [1.165, 1.54) is 0 Å². The Kier molecular flexibility index (Phi) is 5.66. The summed E-state index contributed by atoms with van der Waals surface area (Å²) in [5.41, 5.74) is 1.36. The van der Waals surface area contributed by atoms with Crippen LogP contribution in [-0.2, 0) is 4.79 Å². The number of anilines is 2. The lowest BCUT2D eigenvalue weighted by molar-refractivity contribution is -0.115. The van der Waals surface area contributed by atoms with E-state index in [0.717, 1.165) is 6.54 Å². The maximum Gasteiger partial charge on any atom is 0.318 e. The second-order valence-electron chi connectivity index (χ2n) is 3.61. The van der Waals surface area contributed by atoms with E-state index in [1.807, 2.05) is 6.92 Å². The van der Waals surface area contributed by atoms with Crippen molar-refractivity contribution in [2.24, 2.45) is 0 Å². The van der Waals surface area contributed by atoms with Crippen LogP contribution in [0.1, 0.15) is 6.92 Å². The van der Waals surface area contributed by atoms with Gasteiger partial charge < -0.3 is 21.3 Å². The average molecular weight is 250 g/mol. The molecule has 0 aliphatic heterocycles. The summed E-state index contributed by atoms with van der Waals surface area (Å²) in [6, 6.07) is 6.62. The van der Waals surface area contributed by atoms with Crippen LogP contribution in [0.2, 0.25) is 0 Å². The van der Waals surface area contributed by atoms with E-state index in [4.69, 9.17) is 0 Å². The summed E-state index contributed by atoms with van der Waals surface area (Å²) >= 11 is 0. The lowest BCUT2D eigenvalue weighted by Crippen LogP contribution is -2.27. The molecule has 1 aromatic carbocycles. The molecule has 0 heterocycles. The van der Waals surface area contributed by atoms with Crippen LogP contribution in [0.15, 0.2) is 24.3 Å². The fourth-order valence-corrected chi connectivity index (χ4v) is 1.27. The molecule has 3 amide bonds. The van der Waals surface area contributed by atoms with Gasteiger partial charge in [0.05, 0.1) is 6.54 Å². The van der Waals surface area contributed by atoms with E-state index < -0.39 is 0 Å². The van der Waals surface area contributed by atoms with E-state index in [-0.39, 0.29) is 18.5 Å². The minimum atomic E-state index is -0.279. The van der Waals surface area contributed by atoms with Crippen molar-refractivity contribution in [3.05, 3.63) is 24.3 Å². The monoisotopic (exact) mass is 250 g/mol. The Balaban J connectivity index is 2.49. The molecular weight excluding hydrogens is 232 g/mol. The van der Waals surface area contributed by atoms with Crippen molar-refractivity contribution < 1.29 is 9.59 Å². The van der Waals surface area contributed by atoms with Crippen LogP contribution in [0.25, 0.3) is 0 Å². The minimum Gasteiger partial charge on any atom is -0.341 e. The molecule has 0 saturated carbocycles. The van der Waals surface area contributed by atoms with Crippen LogP contribution in [0.4, 0.5) is 16.2 Å². The minimum absolute atomic E-state index is 0.0936. The zero-order valence-electron chi connectivity index (χ0n) is 10.5. The number of carbonyl (C=O) groups excluding carboxylic acids is 2. The molecule has 0 atom stereocenters. The number of urea groups is 1. The molecule has 0 radical (unpaired) electrons. The first-order valence-corrected chi connectivity index (χ1v) is 5.75. The van der Waals surface area contributed by atoms with Crippen molar-refractivity contribution in [1.29, 1.82) is 0 Å². The van der Waals surface area contributed by atoms with Gasteiger partial charge in [0.1, 0.15) is 0 Å². The molecule has 6 nitrogen and oxygen atoms in total. The predicted molar refractivity (Wildman–Crippen MR) is 71.7 cm³/mol. The van der Waals surface area contributed by atoms with Crippen LogP contribution in [0.5, 0.6) is 0 Å². The van der Waals surface area contributed by atoms with Crippen molar-refractivity contribution in [2.75, 3.05) is 30.8 Å².